The minimum absolute atomic E-state index is 0.0101. The first-order valence-electron chi connectivity index (χ1n) is 9.22. The Balaban J connectivity index is 2.06. The quantitative estimate of drug-likeness (QED) is 0.527. The van der Waals surface area contributed by atoms with E-state index in [1.54, 1.807) is 24.5 Å². The molecule has 1 heterocycles. The maximum absolute atomic E-state index is 13.9. The van der Waals surface area contributed by atoms with Crippen molar-refractivity contribution >= 4 is 0 Å². The summed E-state index contributed by atoms with van der Waals surface area (Å²) < 4.78 is 27.7. The van der Waals surface area contributed by atoms with Gasteiger partial charge in [-0.3, -0.25) is 0 Å². The lowest BCUT2D eigenvalue weighted by atomic mass is 9.88. The highest BCUT2D eigenvalue weighted by Gasteiger charge is 2.18. The Labute approximate surface area is 154 Å². The van der Waals surface area contributed by atoms with Crippen molar-refractivity contribution in [1.82, 2.24) is 9.97 Å². The number of nitrogens with zero attached hydrogens (tertiary/aromatic N) is 3. The monoisotopic (exact) mass is 357 g/mol. The molecule has 2 aromatic rings. The van der Waals surface area contributed by atoms with Gasteiger partial charge in [-0.15, -0.1) is 0 Å². The van der Waals surface area contributed by atoms with Gasteiger partial charge in [0.05, 0.1) is 0 Å². The molecule has 26 heavy (non-hydrogen) atoms. The Morgan fingerprint density at radius 2 is 1.69 bits per heavy atom. The predicted octanol–water partition coefficient (Wildman–Crippen LogP) is 5.87. The molecular formula is C21H25F2N3. The Hall–Kier alpha value is -2.35. The van der Waals surface area contributed by atoms with Gasteiger partial charge >= 0.3 is 0 Å². The first-order valence-corrected chi connectivity index (χ1v) is 9.22. The van der Waals surface area contributed by atoms with Crippen LogP contribution in [0.4, 0.5) is 8.78 Å². The van der Waals surface area contributed by atoms with E-state index in [0.717, 1.165) is 37.9 Å². The lowest BCUT2D eigenvalue weighted by Gasteiger charge is -2.19. The fourth-order valence-electron chi connectivity index (χ4n) is 3.17. The van der Waals surface area contributed by atoms with E-state index in [2.05, 4.69) is 16.9 Å². The van der Waals surface area contributed by atoms with Gasteiger partial charge < -0.3 is 0 Å². The average molecular weight is 357 g/mol. The first kappa shape index (κ1) is 20.0. The summed E-state index contributed by atoms with van der Waals surface area (Å²) in [4.78, 5) is 8.78. The second-order valence-electron chi connectivity index (χ2n) is 6.75. The maximum Gasteiger partial charge on any atom is 0.144 e. The summed E-state index contributed by atoms with van der Waals surface area (Å²) in [6, 6.07) is 5.92. The summed E-state index contributed by atoms with van der Waals surface area (Å²) in [6.45, 7) is 4.12. The highest BCUT2D eigenvalue weighted by molar-refractivity contribution is 5.36. The van der Waals surface area contributed by atoms with E-state index in [-0.39, 0.29) is 11.8 Å². The summed E-state index contributed by atoms with van der Waals surface area (Å²) in [6.07, 6.45) is 9.61. The Morgan fingerprint density at radius 3 is 2.27 bits per heavy atom. The van der Waals surface area contributed by atoms with Crippen molar-refractivity contribution in [2.75, 3.05) is 0 Å². The molecule has 5 heteroatoms. The van der Waals surface area contributed by atoms with Gasteiger partial charge in [0, 0.05) is 18.3 Å². The minimum atomic E-state index is -0.791. The van der Waals surface area contributed by atoms with E-state index < -0.39 is 17.2 Å². The predicted molar refractivity (Wildman–Crippen MR) is 97.6 cm³/mol. The molecule has 2 unspecified atom stereocenters. The molecule has 138 valence electrons. The third kappa shape index (κ3) is 5.32. The molecule has 0 bridgehead atoms. The molecule has 0 fully saturated rings. The number of nitriles is 1. The SMILES string of the molecule is CCCCCC(CCC(C)c1cc(F)c(C#N)c(F)c1)c1ncccn1. The Bertz CT molecular complexity index is 718. The van der Waals surface area contributed by atoms with Crippen LogP contribution in [-0.2, 0) is 0 Å². The van der Waals surface area contributed by atoms with Crippen LogP contribution in [0.1, 0.15) is 81.2 Å². The van der Waals surface area contributed by atoms with Gasteiger partial charge in [0.25, 0.3) is 0 Å². The van der Waals surface area contributed by atoms with Crippen molar-refractivity contribution in [1.29, 1.82) is 5.26 Å². The Kier molecular flexibility index (Phi) is 7.65. The standard InChI is InChI=1S/C21H25F2N3/c1-3-4-5-7-16(21-25-10-6-11-26-21)9-8-15(2)17-12-19(22)18(14-24)20(23)13-17/h6,10-13,15-16H,3-5,7-9H2,1-2H3. The molecule has 1 aromatic carbocycles. The van der Waals surface area contributed by atoms with Crippen LogP contribution in [-0.4, -0.2) is 9.97 Å². The molecule has 0 aliphatic rings. The third-order valence-electron chi connectivity index (χ3n) is 4.80. The Morgan fingerprint density at radius 1 is 1.04 bits per heavy atom. The maximum atomic E-state index is 13.9. The summed E-state index contributed by atoms with van der Waals surface area (Å²) >= 11 is 0. The molecule has 0 aliphatic carbocycles. The van der Waals surface area contributed by atoms with Crippen molar-refractivity contribution in [3.63, 3.8) is 0 Å². The fraction of sp³-hybridized carbons (Fsp3) is 0.476. The zero-order valence-corrected chi connectivity index (χ0v) is 15.4. The van der Waals surface area contributed by atoms with Crippen LogP contribution >= 0.6 is 0 Å². The van der Waals surface area contributed by atoms with Gasteiger partial charge in [-0.05, 0) is 48.9 Å². The van der Waals surface area contributed by atoms with Crippen molar-refractivity contribution in [2.45, 2.75) is 64.2 Å². The fourth-order valence-corrected chi connectivity index (χ4v) is 3.17. The molecule has 2 atom stereocenters. The molecule has 3 nitrogen and oxygen atoms in total. The lowest BCUT2D eigenvalue weighted by molar-refractivity contribution is 0.475. The first-order chi connectivity index (χ1) is 12.6. The van der Waals surface area contributed by atoms with Crippen LogP contribution in [0, 0.1) is 23.0 Å². The van der Waals surface area contributed by atoms with Crippen LogP contribution < -0.4 is 0 Å². The second kappa shape index (κ2) is 9.96. The normalized spacial score (nSPS) is 13.2. The lowest BCUT2D eigenvalue weighted by Crippen LogP contribution is -2.07. The van der Waals surface area contributed by atoms with Crippen LogP contribution in [0.3, 0.4) is 0 Å². The minimum Gasteiger partial charge on any atom is -0.241 e. The van der Waals surface area contributed by atoms with Gasteiger partial charge in [-0.1, -0.05) is 33.1 Å². The molecule has 0 saturated carbocycles. The van der Waals surface area contributed by atoms with Crippen molar-refractivity contribution in [2.24, 2.45) is 0 Å². The molecule has 0 spiro atoms. The van der Waals surface area contributed by atoms with Gasteiger partial charge in [-0.2, -0.15) is 5.26 Å². The molecule has 0 N–H and O–H groups in total. The smallest absolute Gasteiger partial charge is 0.144 e. The molecule has 0 amide bonds. The van der Waals surface area contributed by atoms with Crippen molar-refractivity contribution < 1.29 is 8.78 Å². The third-order valence-corrected chi connectivity index (χ3v) is 4.80. The van der Waals surface area contributed by atoms with Gasteiger partial charge in [0.15, 0.2) is 0 Å². The number of hydrogen-bond donors (Lipinski definition) is 0. The van der Waals surface area contributed by atoms with E-state index in [1.165, 1.54) is 18.6 Å². The average Bonchev–Trinajstić information content (AvgIpc) is 2.64. The van der Waals surface area contributed by atoms with E-state index in [9.17, 15) is 8.78 Å². The van der Waals surface area contributed by atoms with Crippen molar-refractivity contribution in [3.05, 3.63) is 59.2 Å². The largest absolute Gasteiger partial charge is 0.241 e. The van der Waals surface area contributed by atoms with E-state index in [1.807, 2.05) is 6.92 Å². The number of halogens is 2. The van der Waals surface area contributed by atoms with E-state index >= 15 is 0 Å². The van der Waals surface area contributed by atoms with E-state index in [4.69, 9.17) is 5.26 Å². The van der Waals surface area contributed by atoms with Crippen LogP contribution in [0.25, 0.3) is 0 Å². The van der Waals surface area contributed by atoms with Crippen LogP contribution in [0.5, 0.6) is 0 Å². The molecule has 2 rings (SSSR count). The van der Waals surface area contributed by atoms with E-state index in [0.29, 0.717) is 5.56 Å². The number of aromatic nitrogens is 2. The molecule has 0 aliphatic heterocycles. The number of benzene rings is 1. The van der Waals surface area contributed by atoms with Gasteiger partial charge in [-0.25, -0.2) is 18.7 Å². The molecular weight excluding hydrogens is 332 g/mol. The molecule has 1 aromatic heterocycles. The second-order valence-corrected chi connectivity index (χ2v) is 6.75. The summed E-state index contributed by atoms with van der Waals surface area (Å²) in [5, 5.41) is 8.79. The van der Waals surface area contributed by atoms with Gasteiger partial charge in [0.2, 0.25) is 0 Å². The topological polar surface area (TPSA) is 49.6 Å². The molecule has 0 saturated heterocycles. The summed E-state index contributed by atoms with van der Waals surface area (Å²) in [7, 11) is 0. The highest BCUT2D eigenvalue weighted by atomic mass is 19.1. The summed E-state index contributed by atoms with van der Waals surface area (Å²) in [5.74, 6) is -0.504. The highest BCUT2D eigenvalue weighted by Crippen LogP contribution is 2.31. The zero-order valence-electron chi connectivity index (χ0n) is 15.4. The number of rotatable bonds is 9. The molecule has 0 radical (unpaired) electrons. The van der Waals surface area contributed by atoms with Crippen molar-refractivity contribution in [3.8, 4) is 6.07 Å². The number of unbranched alkanes of at least 4 members (excludes halogenated alkanes) is 2. The zero-order chi connectivity index (χ0) is 18.9. The summed E-state index contributed by atoms with van der Waals surface area (Å²) in [5.41, 5.74) is 0.0661. The van der Waals surface area contributed by atoms with Crippen LogP contribution in [0.15, 0.2) is 30.6 Å². The van der Waals surface area contributed by atoms with Gasteiger partial charge in [0.1, 0.15) is 29.1 Å². The van der Waals surface area contributed by atoms with Crippen LogP contribution in [0.2, 0.25) is 0 Å². The number of hydrogen-bond acceptors (Lipinski definition) is 3.